The minimum absolute atomic E-state index is 0.105. The predicted molar refractivity (Wildman–Crippen MR) is 147 cm³/mol. The quantitative estimate of drug-likeness (QED) is 0.412. The monoisotopic (exact) mass is 498 g/mol. The minimum atomic E-state index is -0.561. The van der Waals surface area contributed by atoms with Crippen molar-refractivity contribution in [3.63, 3.8) is 0 Å². The van der Waals surface area contributed by atoms with E-state index in [4.69, 9.17) is 4.74 Å². The Balaban J connectivity index is 1.51. The lowest BCUT2D eigenvalue weighted by molar-refractivity contribution is -0.129. The molecule has 3 aliphatic heterocycles. The number of methoxy groups -OCH3 is 1. The van der Waals surface area contributed by atoms with Gasteiger partial charge in [0, 0.05) is 42.1 Å². The van der Waals surface area contributed by atoms with Crippen LogP contribution >= 0.6 is 0 Å². The van der Waals surface area contributed by atoms with Crippen LogP contribution in [0.15, 0.2) is 78.9 Å². The summed E-state index contributed by atoms with van der Waals surface area (Å²) in [5.41, 5.74) is 3.99. The number of benzene rings is 3. The molecule has 0 aliphatic carbocycles. The van der Waals surface area contributed by atoms with E-state index in [1.54, 1.807) is 7.11 Å². The molecule has 2 bridgehead atoms. The van der Waals surface area contributed by atoms with Gasteiger partial charge in [0.2, 0.25) is 0 Å². The third-order valence-electron chi connectivity index (χ3n) is 8.42. The third kappa shape index (κ3) is 5.08. The molecule has 3 saturated heterocycles. The number of nitrogens with one attached hydrogen (secondary N) is 1. The molecule has 2 N–H and O–H groups in total. The fourth-order valence-corrected chi connectivity index (χ4v) is 6.35. The number of hydrogen-bond donors (Lipinski definition) is 2. The van der Waals surface area contributed by atoms with Gasteiger partial charge in [0.15, 0.2) is 0 Å². The molecule has 0 radical (unpaired) electrons. The zero-order chi connectivity index (χ0) is 26.0. The molecule has 37 heavy (non-hydrogen) atoms. The second-order valence-electron chi connectivity index (χ2n) is 11.1. The zero-order valence-electron chi connectivity index (χ0n) is 22.0. The highest BCUT2D eigenvalue weighted by Gasteiger charge is 2.49. The molecule has 0 saturated carbocycles. The molecule has 194 valence electrons. The lowest BCUT2D eigenvalue weighted by Crippen LogP contribution is -2.67. The lowest BCUT2D eigenvalue weighted by atomic mass is 9.70. The molecular formula is C32H38N2O3. The number of aldehydes is 1. The van der Waals surface area contributed by atoms with Gasteiger partial charge in [0.25, 0.3) is 0 Å². The average molecular weight is 499 g/mol. The largest absolute Gasteiger partial charge is 0.496 e. The van der Waals surface area contributed by atoms with Crippen LogP contribution in [0.3, 0.4) is 0 Å². The Morgan fingerprint density at radius 1 is 1.05 bits per heavy atom. The summed E-state index contributed by atoms with van der Waals surface area (Å²) < 4.78 is 5.70. The van der Waals surface area contributed by atoms with Crippen molar-refractivity contribution in [3.05, 3.63) is 101 Å². The Morgan fingerprint density at radius 2 is 1.70 bits per heavy atom. The maximum atomic E-state index is 11.7. The van der Waals surface area contributed by atoms with Crippen molar-refractivity contribution < 1.29 is 14.6 Å². The van der Waals surface area contributed by atoms with E-state index in [9.17, 15) is 9.90 Å². The first-order valence-electron chi connectivity index (χ1n) is 13.3. The number of hydrogen-bond acceptors (Lipinski definition) is 5. The van der Waals surface area contributed by atoms with E-state index in [-0.39, 0.29) is 18.0 Å². The van der Waals surface area contributed by atoms with Gasteiger partial charge in [0.05, 0.1) is 7.11 Å². The summed E-state index contributed by atoms with van der Waals surface area (Å²) in [5.74, 6) is 1.32. The van der Waals surface area contributed by atoms with Crippen LogP contribution in [0.4, 0.5) is 0 Å². The average Bonchev–Trinajstić information content (AvgIpc) is 2.93. The molecule has 3 aromatic carbocycles. The number of aliphatic hydroxyl groups excluding tert-OH is 1. The summed E-state index contributed by atoms with van der Waals surface area (Å²) in [5, 5.41) is 15.0. The van der Waals surface area contributed by atoms with Gasteiger partial charge in [-0.25, -0.2) is 0 Å². The van der Waals surface area contributed by atoms with E-state index in [0.717, 1.165) is 42.5 Å². The normalized spacial score (nSPS) is 25.3. The first-order chi connectivity index (χ1) is 17.9. The molecule has 3 aliphatic rings. The number of piperidine rings is 3. The highest BCUT2D eigenvalue weighted by Crippen LogP contribution is 2.44. The Hall–Kier alpha value is -2.99. The molecule has 0 aromatic heterocycles. The van der Waals surface area contributed by atoms with E-state index < -0.39 is 11.6 Å². The first-order valence-corrected chi connectivity index (χ1v) is 13.3. The van der Waals surface area contributed by atoms with E-state index in [1.807, 2.05) is 26.0 Å². The summed E-state index contributed by atoms with van der Waals surface area (Å²) >= 11 is 0. The molecule has 3 unspecified atom stereocenters. The van der Waals surface area contributed by atoms with Crippen LogP contribution in [0.5, 0.6) is 5.75 Å². The van der Waals surface area contributed by atoms with Crippen molar-refractivity contribution in [2.24, 2.45) is 5.92 Å². The number of carbonyl (C=O) groups is 1. The van der Waals surface area contributed by atoms with Crippen LogP contribution in [0.25, 0.3) is 0 Å². The minimum Gasteiger partial charge on any atom is -0.496 e. The smallest absolute Gasteiger partial charge is 0.129 e. The highest BCUT2D eigenvalue weighted by atomic mass is 16.5. The zero-order valence-corrected chi connectivity index (χ0v) is 22.0. The van der Waals surface area contributed by atoms with Crippen molar-refractivity contribution >= 4 is 6.29 Å². The Kier molecular flexibility index (Phi) is 7.47. The number of ether oxygens (including phenoxy) is 1. The fourth-order valence-electron chi connectivity index (χ4n) is 6.35. The van der Waals surface area contributed by atoms with Gasteiger partial charge in [-0.1, -0.05) is 66.7 Å². The molecule has 6 rings (SSSR count). The SMILES string of the molecule is COc1ccc(C(C)(C)C=O)cc1CN[C@H]1C2CCN(C(O)C2)[C@H]1C(c1ccccc1)c1ccccc1. The van der Waals surface area contributed by atoms with Crippen LogP contribution in [-0.4, -0.2) is 48.3 Å². The Morgan fingerprint density at radius 3 is 2.27 bits per heavy atom. The first kappa shape index (κ1) is 25.7. The van der Waals surface area contributed by atoms with Crippen LogP contribution < -0.4 is 10.1 Å². The summed E-state index contributed by atoms with van der Waals surface area (Å²) in [6, 6.07) is 27.7. The molecule has 5 atom stereocenters. The molecule has 3 aromatic rings. The molecule has 3 heterocycles. The summed E-state index contributed by atoms with van der Waals surface area (Å²) in [4.78, 5) is 14.0. The number of rotatable bonds is 9. The van der Waals surface area contributed by atoms with Crippen LogP contribution in [0.2, 0.25) is 0 Å². The number of aliphatic hydroxyl groups is 1. The van der Waals surface area contributed by atoms with Gasteiger partial charge in [-0.3, -0.25) is 4.90 Å². The molecule has 5 nitrogen and oxygen atoms in total. The van der Waals surface area contributed by atoms with Crippen molar-refractivity contribution in [2.45, 2.75) is 62.9 Å². The molecule has 5 heteroatoms. The second-order valence-corrected chi connectivity index (χ2v) is 11.1. The summed E-state index contributed by atoms with van der Waals surface area (Å²) in [6.45, 7) is 5.41. The third-order valence-corrected chi connectivity index (χ3v) is 8.42. The van der Waals surface area contributed by atoms with Gasteiger partial charge < -0.3 is 20.0 Å². The molecule has 0 spiro atoms. The topological polar surface area (TPSA) is 61.8 Å². The van der Waals surface area contributed by atoms with Gasteiger partial charge in [-0.2, -0.15) is 0 Å². The van der Waals surface area contributed by atoms with Gasteiger partial charge in [-0.15, -0.1) is 0 Å². The van der Waals surface area contributed by atoms with Crippen LogP contribution in [-0.2, 0) is 16.8 Å². The molecular weight excluding hydrogens is 460 g/mol. The summed E-state index contributed by atoms with van der Waals surface area (Å²) in [7, 11) is 1.69. The van der Waals surface area contributed by atoms with Crippen LogP contribution in [0.1, 0.15) is 54.9 Å². The Bertz CT molecular complexity index is 1160. The summed E-state index contributed by atoms with van der Waals surface area (Å²) in [6.07, 6.45) is 2.42. The van der Waals surface area contributed by atoms with Crippen molar-refractivity contribution in [1.82, 2.24) is 10.2 Å². The van der Waals surface area contributed by atoms with Gasteiger partial charge >= 0.3 is 0 Å². The van der Waals surface area contributed by atoms with Gasteiger partial charge in [0.1, 0.15) is 18.3 Å². The Labute approximate surface area is 220 Å². The second kappa shape index (κ2) is 10.8. The maximum absolute atomic E-state index is 11.7. The van der Waals surface area contributed by atoms with E-state index in [1.165, 1.54) is 11.1 Å². The predicted octanol–water partition coefficient (Wildman–Crippen LogP) is 4.87. The maximum Gasteiger partial charge on any atom is 0.129 e. The standard InChI is InChI=1S/C32H38N2O3/c1-32(2,21-35)26-14-15-27(37-3)25(18-26)20-33-30-24-16-17-34(28(36)19-24)31(30)29(22-10-6-4-7-11-22)23-12-8-5-9-13-23/h4-15,18,21,24,28-31,33,36H,16-17,19-20H2,1-3H3/t24?,28?,30-,31-/m0/s1. The van der Waals surface area contributed by atoms with E-state index >= 15 is 0 Å². The van der Waals surface area contributed by atoms with Crippen molar-refractivity contribution in [1.29, 1.82) is 0 Å². The lowest BCUT2D eigenvalue weighted by Gasteiger charge is -2.56. The molecule has 0 amide bonds. The van der Waals surface area contributed by atoms with Crippen molar-refractivity contribution in [3.8, 4) is 5.75 Å². The van der Waals surface area contributed by atoms with Crippen molar-refractivity contribution in [2.75, 3.05) is 13.7 Å². The highest BCUT2D eigenvalue weighted by molar-refractivity contribution is 5.67. The number of nitrogens with zero attached hydrogens (tertiary/aromatic N) is 1. The number of carbonyl (C=O) groups excluding carboxylic acids is 1. The number of fused-ring (bicyclic) bond motifs is 3. The van der Waals surface area contributed by atoms with E-state index in [0.29, 0.717) is 12.5 Å². The molecule has 3 fully saturated rings. The van der Waals surface area contributed by atoms with Crippen LogP contribution in [0, 0.1) is 5.92 Å². The van der Waals surface area contributed by atoms with Gasteiger partial charge in [-0.05, 0) is 61.4 Å². The van der Waals surface area contributed by atoms with E-state index in [2.05, 4.69) is 76.9 Å². The fraction of sp³-hybridized carbons (Fsp3) is 0.406.